The Balaban J connectivity index is 1.57. The van der Waals surface area contributed by atoms with Gasteiger partial charge < -0.3 is 5.73 Å². The highest BCUT2D eigenvalue weighted by Gasteiger charge is 2.43. The van der Waals surface area contributed by atoms with Crippen LogP contribution in [0.4, 0.5) is 0 Å². The maximum absolute atomic E-state index is 6.98. The molecule has 0 radical (unpaired) electrons. The van der Waals surface area contributed by atoms with Crippen molar-refractivity contribution >= 4 is 21.9 Å². The molecule has 0 fully saturated rings. The second kappa shape index (κ2) is 5.96. The Hall–Kier alpha value is -2.64. The normalized spacial score (nSPS) is 23.0. The first kappa shape index (κ1) is 15.6. The molecule has 26 heavy (non-hydrogen) atoms. The zero-order chi connectivity index (χ0) is 17.6. The van der Waals surface area contributed by atoms with Gasteiger partial charge in [0, 0.05) is 0 Å². The van der Waals surface area contributed by atoms with Gasteiger partial charge in [-0.2, -0.15) is 0 Å². The summed E-state index contributed by atoms with van der Waals surface area (Å²) in [4.78, 5) is 0. The molecule has 2 aliphatic carbocycles. The number of hydrogen-bond donors (Lipinski definition) is 1. The molecule has 2 N–H and O–H groups in total. The van der Waals surface area contributed by atoms with Crippen LogP contribution >= 0.6 is 0 Å². The van der Waals surface area contributed by atoms with E-state index in [1.807, 2.05) is 0 Å². The third kappa shape index (κ3) is 2.35. The van der Waals surface area contributed by atoms with E-state index in [9.17, 15) is 0 Å². The van der Waals surface area contributed by atoms with Gasteiger partial charge in [-0.15, -0.1) is 0 Å². The highest BCUT2D eigenvalue weighted by molar-refractivity contribution is 6.01. The van der Waals surface area contributed by atoms with Crippen molar-refractivity contribution in [2.75, 3.05) is 0 Å². The molecule has 128 valence electrons. The lowest BCUT2D eigenvalue weighted by Crippen LogP contribution is -2.40. The molecule has 2 aliphatic rings. The van der Waals surface area contributed by atoms with Gasteiger partial charge in [0.25, 0.3) is 0 Å². The van der Waals surface area contributed by atoms with Crippen molar-refractivity contribution in [1.29, 1.82) is 0 Å². The fourth-order valence-corrected chi connectivity index (χ4v) is 4.65. The number of hydrogen-bond acceptors (Lipinski definition) is 1. The van der Waals surface area contributed by atoms with Gasteiger partial charge in [0.05, 0.1) is 5.54 Å². The number of fused-ring (bicyclic) bond motifs is 4. The summed E-state index contributed by atoms with van der Waals surface area (Å²) in [5.74, 6) is 0. The minimum atomic E-state index is -0.307. The number of benzene rings is 3. The Morgan fingerprint density at radius 1 is 0.885 bits per heavy atom. The van der Waals surface area contributed by atoms with Gasteiger partial charge in [-0.25, -0.2) is 0 Å². The van der Waals surface area contributed by atoms with E-state index in [-0.39, 0.29) is 5.54 Å². The molecule has 3 aromatic rings. The zero-order valence-electron chi connectivity index (χ0n) is 14.9. The zero-order valence-corrected chi connectivity index (χ0v) is 14.9. The molecule has 1 heteroatoms. The van der Waals surface area contributed by atoms with Crippen LogP contribution in [-0.2, 0) is 6.42 Å². The molecule has 0 aromatic heterocycles. The first-order valence-corrected chi connectivity index (χ1v) is 9.53. The van der Waals surface area contributed by atoms with E-state index in [1.54, 1.807) is 0 Å². The largest absolute Gasteiger partial charge is 0.318 e. The predicted octanol–water partition coefficient (Wildman–Crippen LogP) is 5.74. The Morgan fingerprint density at radius 3 is 2.54 bits per heavy atom. The van der Waals surface area contributed by atoms with Crippen LogP contribution in [0.5, 0.6) is 0 Å². The average Bonchev–Trinajstić information content (AvgIpc) is 2.94. The van der Waals surface area contributed by atoms with Gasteiger partial charge in [0.1, 0.15) is 0 Å². The molecule has 1 atom stereocenters. The molecule has 1 nitrogen and oxygen atoms in total. The summed E-state index contributed by atoms with van der Waals surface area (Å²) in [5, 5.41) is 2.60. The maximum Gasteiger partial charge on any atom is 0.0671 e. The van der Waals surface area contributed by atoms with Crippen LogP contribution < -0.4 is 5.73 Å². The summed E-state index contributed by atoms with van der Waals surface area (Å²) in [5.41, 5.74) is 13.3. The summed E-state index contributed by atoms with van der Waals surface area (Å²) >= 11 is 0. The minimum Gasteiger partial charge on any atom is -0.318 e. The average molecular weight is 337 g/mol. The summed E-state index contributed by atoms with van der Waals surface area (Å²) in [6, 6.07) is 24.0. The molecule has 0 saturated heterocycles. The number of nitrogens with two attached hydrogens (primary N) is 1. The summed E-state index contributed by atoms with van der Waals surface area (Å²) in [7, 11) is 0. The van der Waals surface area contributed by atoms with Gasteiger partial charge in [0.2, 0.25) is 0 Å². The Kier molecular flexibility index (Phi) is 3.58. The van der Waals surface area contributed by atoms with Crippen LogP contribution in [0, 0.1) is 0 Å². The molecule has 0 amide bonds. The molecule has 5 rings (SSSR count). The lowest BCUT2D eigenvalue weighted by atomic mass is 9.78. The maximum atomic E-state index is 6.98. The van der Waals surface area contributed by atoms with Gasteiger partial charge in [-0.05, 0) is 64.3 Å². The molecule has 0 bridgehead atoms. The summed E-state index contributed by atoms with van der Waals surface area (Å²) < 4.78 is 0. The smallest absolute Gasteiger partial charge is 0.0671 e. The van der Waals surface area contributed by atoms with E-state index in [2.05, 4.69) is 78.9 Å². The summed E-state index contributed by atoms with van der Waals surface area (Å²) in [6.45, 7) is 0. The van der Waals surface area contributed by atoms with Crippen LogP contribution in [-0.4, -0.2) is 5.54 Å². The Labute approximate surface area is 154 Å². The van der Waals surface area contributed by atoms with Crippen LogP contribution in [0.1, 0.15) is 36.0 Å². The van der Waals surface area contributed by atoms with Gasteiger partial charge in [-0.3, -0.25) is 0 Å². The van der Waals surface area contributed by atoms with E-state index < -0.39 is 0 Å². The lowest BCUT2D eigenvalue weighted by molar-refractivity contribution is 0.580. The molecule has 3 aromatic carbocycles. The second-order valence-corrected chi connectivity index (χ2v) is 7.53. The standard InChI is InChI=1S/C25H23N/c26-25-16-6-5-11-23(25)21-9-3-4-10-22(21)24(25)15-13-18-12-14-19-7-1-2-8-20(19)17-18/h1-4,7-12,14-15,17H,5-6,13,16,26H2/b24-15-. The van der Waals surface area contributed by atoms with Gasteiger partial charge >= 0.3 is 0 Å². The monoisotopic (exact) mass is 337 g/mol. The van der Waals surface area contributed by atoms with Crippen molar-refractivity contribution in [2.45, 2.75) is 31.2 Å². The third-order valence-electron chi connectivity index (χ3n) is 5.95. The molecule has 0 aliphatic heterocycles. The van der Waals surface area contributed by atoms with Gasteiger partial charge in [0.15, 0.2) is 0 Å². The predicted molar refractivity (Wildman–Crippen MR) is 111 cm³/mol. The lowest BCUT2D eigenvalue weighted by Gasteiger charge is -2.31. The van der Waals surface area contributed by atoms with Crippen LogP contribution in [0.15, 0.2) is 78.9 Å². The van der Waals surface area contributed by atoms with Crippen molar-refractivity contribution in [1.82, 2.24) is 0 Å². The molecule has 0 spiro atoms. The van der Waals surface area contributed by atoms with Crippen LogP contribution in [0.25, 0.3) is 21.9 Å². The molecule has 1 unspecified atom stereocenters. The molecular formula is C25H23N. The first-order valence-electron chi connectivity index (χ1n) is 9.53. The number of rotatable bonds is 2. The fraction of sp³-hybridized carbons (Fsp3) is 0.200. The third-order valence-corrected chi connectivity index (χ3v) is 5.95. The molecule has 0 saturated carbocycles. The van der Waals surface area contributed by atoms with E-state index in [0.717, 1.165) is 19.3 Å². The van der Waals surface area contributed by atoms with Crippen LogP contribution in [0.2, 0.25) is 0 Å². The highest BCUT2D eigenvalue weighted by Crippen LogP contribution is 2.51. The van der Waals surface area contributed by atoms with Crippen molar-refractivity contribution in [3.05, 3.63) is 95.6 Å². The van der Waals surface area contributed by atoms with E-state index in [4.69, 9.17) is 5.73 Å². The fourth-order valence-electron chi connectivity index (χ4n) is 4.65. The van der Waals surface area contributed by atoms with Crippen molar-refractivity contribution in [2.24, 2.45) is 5.73 Å². The quantitative estimate of drug-likeness (QED) is 0.633. The van der Waals surface area contributed by atoms with Crippen molar-refractivity contribution < 1.29 is 0 Å². The van der Waals surface area contributed by atoms with Crippen molar-refractivity contribution in [3.8, 4) is 0 Å². The number of allylic oxidation sites excluding steroid dienone is 2. The SMILES string of the molecule is NC12CCCC=C1c1ccccc1/C2=C/Cc1ccc2ccccc2c1. The first-order chi connectivity index (χ1) is 12.8. The van der Waals surface area contributed by atoms with Gasteiger partial charge in [-0.1, -0.05) is 78.9 Å². The Morgan fingerprint density at radius 2 is 1.65 bits per heavy atom. The molecular weight excluding hydrogens is 314 g/mol. The summed E-state index contributed by atoms with van der Waals surface area (Å²) in [6.07, 6.45) is 8.99. The molecule has 0 heterocycles. The topological polar surface area (TPSA) is 26.0 Å². The Bertz CT molecular complexity index is 1060. The van der Waals surface area contributed by atoms with E-state index >= 15 is 0 Å². The van der Waals surface area contributed by atoms with E-state index in [0.29, 0.717) is 0 Å². The van der Waals surface area contributed by atoms with Crippen LogP contribution in [0.3, 0.4) is 0 Å². The second-order valence-electron chi connectivity index (χ2n) is 7.53. The highest BCUT2D eigenvalue weighted by atomic mass is 14.8. The van der Waals surface area contributed by atoms with E-state index in [1.165, 1.54) is 45.0 Å². The van der Waals surface area contributed by atoms with Crippen molar-refractivity contribution in [3.63, 3.8) is 0 Å². The minimum absolute atomic E-state index is 0.307.